The third-order valence-electron chi connectivity index (χ3n) is 5.52. The Labute approximate surface area is 201 Å². The number of fused-ring (bicyclic) bond motifs is 1. The molecule has 2 aromatic carbocycles. The van der Waals surface area contributed by atoms with Crippen LogP contribution >= 0.6 is 11.8 Å². The van der Waals surface area contributed by atoms with Crippen molar-refractivity contribution in [2.75, 3.05) is 19.5 Å². The quantitative estimate of drug-likeness (QED) is 0.561. The minimum atomic E-state index is -0.804. The summed E-state index contributed by atoms with van der Waals surface area (Å²) < 4.78 is 25.2. The average molecular weight is 482 g/mol. The summed E-state index contributed by atoms with van der Waals surface area (Å²) in [6.07, 6.45) is 0.475. The first-order valence-corrected chi connectivity index (χ1v) is 11.6. The van der Waals surface area contributed by atoms with Gasteiger partial charge in [0, 0.05) is 23.0 Å². The summed E-state index contributed by atoms with van der Waals surface area (Å²) in [6.45, 7) is 1.88. The molecule has 7 nitrogen and oxygen atoms in total. The first kappa shape index (κ1) is 23.6. The van der Waals surface area contributed by atoms with E-state index in [9.17, 15) is 14.0 Å². The second-order valence-electron chi connectivity index (χ2n) is 7.58. The van der Waals surface area contributed by atoms with Crippen LogP contribution in [0, 0.1) is 5.82 Å². The second-order valence-corrected chi connectivity index (χ2v) is 8.41. The Morgan fingerprint density at radius 3 is 2.68 bits per heavy atom. The molecule has 0 saturated carbocycles. The number of methoxy groups -OCH3 is 2. The summed E-state index contributed by atoms with van der Waals surface area (Å²) in [5, 5.41) is 5.25. The number of carbonyl (C=O) groups is 2. The van der Waals surface area contributed by atoms with E-state index in [1.807, 2.05) is 12.3 Å². The van der Waals surface area contributed by atoms with Crippen LogP contribution in [0.4, 0.5) is 10.1 Å². The Kier molecular flexibility index (Phi) is 7.02. The molecule has 1 atom stereocenters. The fourth-order valence-electron chi connectivity index (χ4n) is 3.97. The molecule has 0 saturated heterocycles. The second kappa shape index (κ2) is 10.1. The molecule has 0 spiro atoms. The molecule has 1 amide bonds. The van der Waals surface area contributed by atoms with E-state index in [-0.39, 0.29) is 17.9 Å². The Morgan fingerprint density at radius 2 is 1.97 bits per heavy atom. The number of hydrogen-bond donors (Lipinski definition) is 1. The fourth-order valence-corrected chi connectivity index (χ4v) is 4.91. The number of rotatable bonds is 7. The number of halogens is 1. The van der Waals surface area contributed by atoms with E-state index in [1.165, 1.54) is 24.9 Å². The van der Waals surface area contributed by atoms with E-state index in [0.29, 0.717) is 40.0 Å². The molecule has 176 valence electrons. The summed E-state index contributed by atoms with van der Waals surface area (Å²) >= 11 is 1.34. The monoisotopic (exact) mass is 481 g/mol. The van der Waals surface area contributed by atoms with E-state index in [4.69, 9.17) is 9.47 Å². The highest BCUT2D eigenvalue weighted by molar-refractivity contribution is 8.16. The zero-order valence-corrected chi connectivity index (χ0v) is 19.8. The Morgan fingerprint density at radius 1 is 1.18 bits per heavy atom. The van der Waals surface area contributed by atoms with Gasteiger partial charge in [-0.2, -0.15) is 0 Å². The number of carbonyl (C=O) groups excluding carboxylic acids is 2. The fraction of sp³-hybridized carbons (Fsp3) is 0.240. The minimum absolute atomic E-state index is 0.00406. The van der Waals surface area contributed by atoms with Crippen LogP contribution in [0.1, 0.15) is 31.4 Å². The predicted molar refractivity (Wildman–Crippen MR) is 130 cm³/mol. The van der Waals surface area contributed by atoms with Gasteiger partial charge in [-0.3, -0.25) is 4.79 Å². The molecule has 0 radical (unpaired) electrons. The summed E-state index contributed by atoms with van der Waals surface area (Å²) in [7, 11) is 2.84. The summed E-state index contributed by atoms with van der Waals surface area (Å²) in [6, 6.07) is 12.5. The van der Waals surface area contributed by atoms with Gasteiger partial charge in [0.2, 0.25) is 5.91 Å². The largest absolute Gasteiger partial charge is 0.497 e. The molecular formula is C25H24FN3O4S. The van der Waals surface area contributed by atoms with Crippen LogP contribution in [0.2, 0.25) is 0 Å². The lowest BCUT2D eigenvalue weighted by Crippen LogP contribution is -2.38. The van der Waals surface area contributed by atoms with Crippen molar-refractivity contribution in [1.82, 2.24) is 4.90 Å². The van der Waals surface area contributed by atoms with Gasteiger partial charge in [0.1, 0.15) is 11.6 Å². The number of amidine groups is 1. The number of thioether (sulfide) groups is 1. The number of amides is 1. The molecule has 0 aliphatic carbocycles. The Hall–Kier alpha value is -3.59. The van der Waals surface area contributed by atoms with E-state index in [2.05, 4.69) is 10.3 Å². The maximum absolute atomic E-state index is 15.0. The Balaban J connectivity index is 1.68. The highest BCUT2D eigenvalue weighted by Gasteiger charge is 2.42. The van der Waals surface area contributed by atoms with Crippen LogP contribution in [-0.4, -0.2) is 36.2 Å². The molecule has 1 N–H and O–H groups in total. The van der Waals surface area contributed by atoms with Crippen molar-refractivity contribution >= 4 is 34.5 Å². The van der Waals surface area contributed by atoms with Gasteiger partial charge in [-0.05, 0) is 30.0 Å². The molecule has 9 heteroatoms. The van der Waals surface area contributed by atoms with Crippen LogP contribution in [-0.2, 0) is 14.3 Å². The van der Waals surface area contributed by atoms with Crippen molar-refractivity contribution in [2.45, 2.75) is 25.8 Å². The van der Waals surface area contributed by atoms with Crippen LogP contribution in [0.3, 0.4) is 0 Å². The number of hydrogen-bond acceptors (Lipinski definition) is 7. The van der Waals surface area contributed by atoms with Gasteiger partial charge in [-0.25, -0.2) is 14.2 Å². The smallest absolute Gasteiger partial charge is 0.338 e. The van der Waals surface area contributed by atoms with Crippen molar-refractivity contribution in [3.63, 3.8) is 0 Å². The molecule has 0 bridgehead atoms. The average Bonchev–Trinajstić information content (AvgIpc) is 3.24. The van der Waals surface area contributed by atoms with Gasteiger partial charge < -0.3 is 19.7 Å². The molecule has 4 rings (SSSR count). The highest BCUT2D eigenvalue weighted by Crippen LogP contribution is 2.46. The predicted octanol–water partition coefficient (Wildman–Crippen LogP) is 5.00. The number of ether oxygens (including phenoxy) is 2. The molecule has 2 aliphatic heterocycles. The maximum Gasteiger partial charge on any atom is 0.338 e. The highest BCUT2D eigenvalue weighted by atomic mass is 32.2. The number of esters is 1. The minimum Gasteiger partial charge on any atom is -0.497 e. The van der Waals surface area contributed by atoms with Crippen LogP contribution in [0.25, 0.3) is 0 Å². The first-order chi connectivity index (χ1) is 16.5. The lowest BCUT2D eigenvalue weighted by atomic mass is 9.92. The molecule has 0 aromatic heterocycles. The van der Waals surface area contributed by atoms with Crippen LogP contribution < -0.4 is 10.1 Å². The van der Waals surface area contributed by atoms with E-state index >= 15 is 0 Å². The summed E-state index contributed by atoms with van der Waals surface area (Å²) in [5.41, 5.74) is 2.31. The molecule has 2 aliphatic rings. The molecule has 2 heterocycles. The molecular weight excluding hydrogens is 457 g/mol. The van der Waals surface area contributed by atoms with Gasteiger partial charge in [-0.15, -0.1) is 0 Å². The molecule has 34 heavy (non-hydrogen) atoms. The number of anilines is 1. The SMILES string of the molecule is CCC1=C(C(=O)OC)[C@@H](c2ccccc2F)N2C(CC(=O)Nc3cccc(OC)c3)=CSC2=N1. The van der Waals surface area contributed by atoms with Crippen molar-refractivity contribution in [2.24, 2.45) is 4.99 Å². The van der Waals surface area contributed by atoms with Crippen LogP contribution in [0.5, 0.6) is 5.75 Å². The first-order valence-electron chi connectivity index (χ1n) is 10.7. The van der Waals surface area contributed by atoms with Gasteiger partial charge in [0.15, 0.2) is 5.17 Å². The number of nitrogens with one attached hydrogen (secondary N) is 1. The summed E-state index contributed by atoms with van der Waals surface area (Å²) in [4.78, 5) is 32.1. The third-order valence-corrected chi connectivity index (χ3v) is 6.41. The lowest BCUT2D eigenvalue weighted by Gasteiger charge is -2.36. The van der Waals surface area contributed by atoms with E-state index in [0.717, 1.165) is 0 Å². The van der Waals surface area contributed by atoms with Crippen molar-refractivity contribution < 1.29 is 23.5 Å². The zero-order valence-electron chi connectivity index (χ0n) is 19.0. The number of allylic oxidation sites excluding steroid dienone is 1. The standard InChI is InChI=1S/C25H24FN3O4S/c1-4-20-22(24(31)33-3)23(18-10-5-6-11-19(18)26)29-16(14-34-25(29)28-20)13-21(30)27-15-8-7-9-17(12-15)32-2/h5-12,14,23H,4,13H2,1-3H3,(H,27,30)/t23-/m1/s1. The van der Waals surface area contributed by atoms with E-state index < -0.39 is 17.8 Å². The molecule has 0 unspecified atom stereocenters. The van der Waals surface area contributed by atoms with E-state index in [1.54, 1.807) is 54.5 Å². The van der Waals surface area contributed by atoms with Crippen molar-refractivity contribution in [1.29, 1.82) is 0 Å². The number of aliphatic imine (C=N–C) groups is 1. The summed E-state index contributed by atoms with van der Waals surface area (Å²) in [5.74, 6) is -0.676. The van der Waals surface area contributed by atoms with Crippen LogP contribution in [0.15, 0.2) is 75.9 Å². The third kappa shape index (κ3) is 4.56. The lowest BCUT2D eigenvalue weighted by molar-refractivity contribution is -0.136. The normalized spacial score (nSPS) is 17.1. The van der Waals surface area contributed by atoms with Gasteiger partial charge in [0.25, 0.3) is 0 Å². The molecule has 0 fully saturated rings. The van der Waals surface area contributed by atoms with Crippen molar-refractivity contribution in [3.8, 4) is 5.75 Å². The maximum atomic E-state index is 15.0. The van der Waals surface area contributed by atoms with Crippen molar-refractivity contribution in [3.05, 3.63) is 82.3 Å². The topological polar surface area (TPSA) is 80.2 Å². The van der Waals surface area contributed by atoms with Gasteiger partial charge >= 0.3 is 5.97 Å². The van der Waals surface area contributed by atoms with Gasteiger partial charge in [-0.1, -0.05) is 43.0 Å². The number of nitrogens with zero attached hydrogens (tertiary/aromatic N) is 2. The number of benzene rings is 2. The zero-order chi connectivity index (χ0) is 24.2. The molecule has 2 aromatic rings. The van der Waals surface area contributed by atoms with Gasteiger partial charge in [0.05, 0.1) is 38.0 Å². The Bertz CT molecular complexity index is 1220.